The summed E-state index contributed by atoms with van der Waals surface area (Å²) >= 11 is 0. The van der Waals surface area contributed by atoms with E-state index in [4.69, 9.17) is 5.11 Å². The molecule has 7 heteroatoms. The van der Waals surface area contributed by atoms with Crippen molar-refractivity contribution in [2.45, 2.75) is 6.92 Å². The second-order valence-electron chi connectivity index (χ2n) is 3.28. The van der Waals surface area contributed by atoms with Crippen LogP contribution in [0.4, 0.5) is 11.4 Å². The van der Waals surface area contributed by atoms with Crippen LogP contribution in [0.15, 0.2) is 30.4 Å². The monoisotopic (exact) mass is 250 g/mol. The summed E-state index contributed by atoms with van der Waals surface area (Å²) in [4.78, 5) is 32.0. The van der Waals surface area contributed by atoms with Gasteiger partial charge in [0.25, 0.3) is 5.69 Å². The highest BCUT2D eigenvalue weighted by Gasteiger charge is 2.16. The Hall–Kier alpha value is -2.70. The molecule has 94 valence electrons. The van der Waals surface area contributed by atoms with Crippen molar-refractivity contribution in [3.8, 4) is 0 Å². The fourth-order valence-electron chi connectivity index (χ4n) is 1.26. The Balaban J connectivity index is 3.15. The van der Waals surface area contributed by atoms with Crippen LogP contribution in [0.2, 0.25) is 0 Å². The van der Waals surface area contributed by atoms with Gasteiger partial charge in [0, 0.05) is 12.1 Å². The van der Waals surface area contributed by atoms with Gasteiger partial charge in [0.1, 0.15) is 0 Å². The maximum absolute atomic E-state index is 11.3. The van der Waals surface area contributed by atoms with Gasteiger partial charge in [0.15, 0.2) is 0 Å². The molecule has 0 heterocycles. The molecule has 2 N–H and O–H groups in total. The Morgan fingerprint density at radius 3 is 2.61 bits per heavy atom. The third-order valence-corrected chi connectivity index (χ3v) is 2.02. The van der Waals surface area contributed by atoms with Gasteiger partial charge in [-0.1, -0.05) is 6.08 Å². The topological polar surface area (TPSA) is 110 Å². The summed E-state index contributed by atoms with van der Waals surface area (Å²) in [6.07, 6.45) is 2.70. The maximum Gasteiger partial charge on any atom is 0.338 e. The number of carboxylic acids is 1. The number of amides is 1. The largest absolute Gasteiger partial charge is 0.478 e. The van der Waals surface area contributed by atoms with Crippen LogP contribution in [-0.2, 0) is 4.79 Å². The van der Waals surface area contributed by atoms with E-state index in [2.05, 4.69) is 5.32 Å². The van der Waals surface area contributed by atoms with E-state index in [1.54, 1.807) is 6.92 Å². The number of hydrogen-bond donors (Lipinski definition) is 2. The van der Waals surface area contributed by atoms with E-state index in [1.807, 2.05) is 0 Å². The minimum atomic E-state index is -1.35. The quantitative estimate of drug-likeness (QED) is 0.481. The van der Waals surface area contributed by atoms with E-state index < -0.39 is 16.8 Å². The average Bonchev–Trinajstić information content (AvgIpc) is 2.29. The standard InChI is InChI=1S/C11H10N2O5/c1-2-3-10(14)12-9-5-4-7(13(17)18)6-8(9)11(15)16/h2-6H,1H3,(H,12,14)(H,15,16). The molecule has 0 aromatic heterocycles. The van der Waals surface area contributed by atoms with Gasteiger partial charge in [-0.25, -0.2) is 4.79 Å². The molecular weight excluding hydrogens is 240 g/mol. The fraction of sp³-hybridized carbons (Fsp3) is 0.0909. The summed E-state index contributed by atoms with van der Waals surface area (Å²) < 4.78 is 0. The summed E-state index contributed by atoms with van der Waals surface area (Å²) in [5.74, 6) is -1.86. The minimum absolute atomic E-state index is 0.0104. The Morgan fingerprint density at radius 1 is 1.44 bits per heavy atom. The number of carboxylic acid groups (broad SMARTS) is 1. The first-order valence-electron chi connectivity index (χ1n) is 4.91. The lowest BCUT2D eigenvalue weighted by Gasteiger charge is -2.06. The molecule has 0 spiro atoms. The summed E-state index contributed by atoms with van der Waals surface area (Å²) in [7, 11) is 0. The third-order valence-electron chi connectivity index (χ3n) is 2.02. The number of carbonyl (C=O) groups excluding carboxylic acids is 1. The van der Waals surface area contributed by atoms with Gasteiger partial charge in [-0.05, 0) is 19.1 Å². The first kappa shape index (κ1) is 13.4. The van der Waals surface area contributed by atoms with Crippen LogP contribution < -0.4 is 5.32 Å². The average molecular weight is 250 g/mol. The van der Waals surface area contributed by atoms with Crippen LogP contribution in [0.25, 0.3) is 0 Å². The molecule has 0 radical (unpaired) electrons. The molecular formula is C11H10N2O5. The Labute approximate surface area is 102 Å². The highest BCUT2D eigenvalue weighted by molar-refractivity contribution is 6.04. The minimum Gasteiger partial charge on any atom is -0.478 e. The van der Waals surface area contributed by atoms with E-state index >= 15 is 0 Å². The molecule has 0 atom stereocenters. The van der Waals surface area contributed by atoms with Crippen molar-refractivity contribution in [2.75, 3.05) is 5.32 Å². The van der Waals surface area contributed by atoms with Crippen molar-refractivity contribution in [1.82, 2.24) is 0 Å². The van der Waals surface area contributed by atoms with Gasteiger partial charge < -0.3 is 10.4 Å². The van der Waals surface area contributed by atoms with E-state index in [0.29, 0.717) is 0 Å². The molecule has 0 unspecified atom stereocenters. The van der Waals surface area contributed by atoms with Crippen molar-refractivity contribution in [3.63, 3.8) is 0 Å². The van der Waals surface area contributed by atoms with Crippen LogP contribution in [0.1, 0.15) is 17.3 Å². The number of hydrogen-bond acceptors (Lipinski definition) is 4. The molecule has 7 nitrogen and oxygen atoms in total. The van der Waals surface area contributed by atoms with Crippen LogP contribution in [0.3, 0.4) is 0 Å². The van der Waals surface area contributed by atoms with Crippen molar-refractivity contribution in [2.24, 2.45) is 0 Å². The second kappa shape index (κ2) is 5.58. The first-order valence-corrected chi connectivity index (χ1v) is 4.91. The second-order valence-corrected chi connectivity index (χ2v) is 3.28. The lowest BCUT2D eigenvalue weighted by atomic mass is 10.1. The molecule has 0 saturated carbocycles. The molecule has 0 saturated heterocycles. The van der Waals surface area contributed by atoms with Gasteiger partial charge in [-0.15, -0.1) is 0 Å². The van der Waals surface area contributed by atoms with Gasteiger partial charge in [0.05, 0.1) is 16.2 Å². The van der Waals surface area contributed by atoms with Crippen LogP contribution in [0, 0.1) is 10.1 Å². The number of benzene rings is 1. The van der Waals surface area contributed by atoms with Gasteiger partial charge >= 0.3 is 5.97 Å². The number of rotatable bonds is 4. The number of aromatic carboxylic acids is 1. The predicted octanol–water partition coefficient (Wildman–Crippen LogP) is 1.81. The molecule has 0 aliphatic heterocycles. The number of nitro benzene ring substituents is 1. The molecule has 18 heavy (non-hydrogen) atoms. The van der Waals surface area contributed by atoms with E-state index in [0.717, 1.165) is 12.1 Å². The lowest BCUT2D eigenvalue weighted by Crippen LogP contribution is -2.12. The smallest absolute Gasteiger partial charge is 0.338 e. The van der Waals surface area contributed by atoms with Crippen molar-refractivity contribution >= 4 is 23.3 Å². The van der Waals surface area contributed by atoms with Crippen molar-refractivity contribution < 1.29 is 19.6 Å². The highest BCUT2D eigenvalue weighted by atomic mass is 16.6. The molecule has 0 fully saturated rings. The molecule has 1 rings (SSSR count). The van der Waals surface area contributed by atoms with E-state index in [1.165, 1.54) is 18.2 Å². The SMILES string of the molecule is CC=CC(=O)Nc1ccc([N+](=O)[O-])cc1C(=O)O. The van der Waals surface area contributed by atoms with E-state index in [-0.39, 0.29) is 16.9 Å². The zero-order valence-corrected chi connectivity index (χ0v) is 9.41. The lowest BCUT2D eigenvalue weighted by molar-refractivity contribution is -0.384. The number of nitrogens with one attached hydrogen (secondary N) is 1. The number of carbonyl (C=O) groups is 2. The molecule has 1 aromatic rings. The van der Waals surface area contributed by atoms with Gasteiger partial charge in [0.2, 0.25) is 5.91 Å². The molecule has 1 amide bonds. The fourth-order valence-corrected chi connectivity index (χ4v) is 1.26. The molecule has 1 aromatic carbocycles. The predicted molar refractivity (Wildman–Crippen MR) is 63.5 cm³/mol. The Morgan fingerprint density at radius 2 is 2.11 bits per heavy atom. The number of allylic oxidation sites excluding steroid dienone is 1. The number of nitrogens with zero attached hydrogens (tertiary/aromatic N) is 1. The summed E-state index contributed by atoms with van der Waals surface area (Å²) in [5.41, 5.74) is -0.672. The maximum atomic E-state index is 11.3. The van der Waals surface area contributed by atoms with Crippen molar-refractivity contribution in [3.05, 3.63) is 46.0 Å². The number of nitro groups is 1. The Kier molecular flexibility index (Phi) is 4.14. The van der Waals surface area contributed by atoms with Crippen LogP contribution in [0.5, 0.6) is 0 Å². The zero-order valence-electron chi connectivity index (χ0n) is 9.41. The third kappa shape index (κ3) is 3.14. The Bertz CT molecular complexity index is 536. The van der Waals surface area contributed by atoms with E-state index in [9.17, 15) is 19.7 Å². The summed E-state index contributed by atoms with van der Waals surface area (Å²) in [6, 6.07) is 3.20. The normalized spacial score (nSPS) is 10.3. The highest BCUT2D eigenvalue weighted by Crippen LogP contribution is 2.22. The number of anilines is 1. The van der Waals surface area contributed by atoms with Crippen molar-refractivity contribution in [1.29, 1.82) is 0 Å². The van der Waals surface area contributed by atoms with Gasteiger partial charge in [-0.2, -0.15) is 0 Å². The zero-order chi connectivity index (χ0) is 13.7. The molecule has 0 aliphatic carbocycles. The summed E-state index contributed by atoms with van der Waals surface area (Å²) in [6.45, 7) is 1.63. The number of non-ortho nitro benzene ring substituents is 1. The van der Waals surface area contributed by atoms with Gasteiger partial charge in [-0.3, -0.25) is 14.9 Å². The van der Waals surface area contributed by atoms with Crippen LogP contribution >= 0.6 is 0 Å². The first-order chi connectivity index (χ1) is 8.45. The molecule has 0 aliphatic rings. The van der Waals surface area contributed by atoms with Crippen LogP contribution in [-0.4, -0.2) is 21.9 Å². The molecule has 0 bridgehead atoms. The summed E-state index contributed by atoms with van der Waals surface area (Å²) in [5, 5.41) is 21.8.